The van der Waals surface area contributed by atoms with Crippen molar-refractivity contribution in [3.8, 4) is 0 Å². The van der Waals surface area contributed by atoms with Gasteiger partial charge in [-0.05, 0) is 73.3 Å². The number of aryl methyl sites for hydroxylation is 4. The average Bonchev–Trinajstić information content (AvgIpc) is 3.24. The summed E-state index contributed by atoms with van der Waals surface area (Å²) in [6, 6.07) is 6.17. The Morgan fingerprint density at radius 2 is 1.80 bits per heavy atom. The summed E-state index contributed by atoms with van der Waals surface area (Å²) in [4.78, 5) is 46.7. The molecular formula is C31H44N6O4. The number of piperidine rings is 1. The molecule has 1 aromatic carbocycles. The maximum Gasteiger partial charge on any atom is 0.407 e. The second kappa shape index (κ2) is 12.0. The van der Waals surface area contributed by atoms with Gasteiger partial charge in [-0.25, -0.2) is 9.59 Å². The van der Waals surface area contributed by atoms with Gasteiger partial charge in [-0.3, -0.25) is 13.9 Å². The first-order valence-electron chi connectivity index (χ1n) is 14.4. The van der Waals surface area contributed by atoms with E-state index in [0.29, 0.717) is 36.6 Å². The van der Waals surface area contributed by atoms with E-state index in [2.05, 4.69) is 34.5 Å². The maximum atomic E-state index is 13.9. The molecule has 1 fully saturated rings. The summed E-state index contributed by atoms with van der Waals surface area (Å²) in [5, 5.41) is 2.99. The van der Waals surface area contributed by atoms with Crippen molar-refractivity contribution in [2.75, 3.05) is 18.0 Å². The van der Waals surface area contributed by atoms with Crippen molar-refractivity contribution in [3.63, 3.8) is 0 Å². The number of nitrogens with one attached hydrogen (secondary N) is 1. The number of hydrogen-bond acceptors (Lipinski definition) is 6. The molecule has 41 heavy (non-hydrogen) atoms. The van der Waals surface area contributed by atoms with Crippen LogP contribution in [0.5, 0.6) is 0 Å². The Balaban J connectivity index is 1.73. The Labute approximate surface area is 241 Å². The molecule has 0 aliphatic carbocycles. The Morgan fingerprint density at radius 1 is 1.12 bits per heavy atom. The van der Waals surface area contributed by atoms with E-state index in [1.165, 1.54) is 9.13 Å². The summed E-state index contributed by atoms with van der Waals surface area (Å²) in [6.07, 6.45) is 3.83. The molecular weight excluding hydrogens is 520 g/mol. The molecule has 0 spiro atoms. The third kappa shape index (κ3) is 7.10. The van der Waals surface area contributed by atoms with Gasteiger partial charge in [0.05, 0.1) is 0 Å². The first-order chi connectivity index (χ1) is 19.2. The summed E-state index contributed by atoms with van der Waals surface area (Å²) in [5.41, 5.74) is 3.97. The summed E-state index contributed by atoms with van der Waals surface area (Å²) >= 11 is 0. The van der Waals surface area contributed by atoms with Gasteiger partial charge in [-0.15, -0.1) is 0 Å². The van der Waals surface area contributed by atoms with Crippen LogP contribution in [0.4, 0.5) is 10.7 Å². The van der Waals surface area contributed by atoms with Gasteiger partial charge >= 0.3 is 11.8 Å². The van der Waals surface area contributed by atoms with Crippen LogP contribution in [0.1, 0.15) is 64.2 Å². The number of carbonyl (C=O) groups excluding carboxylic acids is 1. The van der Waals surface area contributed by atoms with Crippen LogP contribution in [0.2, 0.25) is 0 Å². The molecule has 4 rings (SSSR count). The lowest BCUT2D eigenvalue weighted by Crippen LogP contribution is -2.49. The first-order valence-corrected chi connectivity index (χ1v) is 14.4. The monoisotopic (exact) mass is 564 g/mol. The number of alkyl carbamates (subject to hydrolysis) is 1. The van der Waals surface area contributed by atoms with Crippen molar-refractivity contribution in [3.05, 3.63) is 67.4 Å². The summed E-state index contributed by atoms with van der Waals surface area (Å²) in [5.74, 6) is 0.618. The quantitative estimate of drug-likeness (QED) is 0.431. The number of fused-ring (bicyclic) bond motifs is 1. The van der Waals surface area contributed by atoms with Crippen molar-refractivity contribution in [2.45, 2.75) is 92.5 Å². The Kier molecular flexibility index (Phi) is 8.80. The maximum absolute atomic E-state index is 13.9. The second-order valence-electron chi connectivity index (χ2n) is 12.5. The van der Waals surface area contributed by atoms with Crippen LogP contribution in [-0.4, -0.2) is 49.5 Å². The topological polar surface area (TPSA) is 103 Å². The minimum Gasteiger partial charge on any atom is -0.444 e. The van der Waals surface area contributed by atoms with Crippen molar-refractivity contribution >= 4 is 23.2 Å². The van der Waals surface area contributed by atoms with Gasteiger partial charge in [0, 0.05) is 39.3 Å². The number of ether oxygens (including phenoxy) is 1. The molecule has 1 saturated heterocycles. The van der Waals surface area contributed by atoms with E-state index < -0.39 is 11.7 Å². The van der Waals surface area contributed by atoms with E-state index in [4.69, 9.17) is 9.72 Å². The van der Waals surface area contributed by atoms with Gasteiger partial charge in [-0.1, -0.05) is 41.0 Å². The molecule has 10 heteroatoms. The van der Waals surface area contributed by atoms with Gasteiger partial charge in [0.25, 0.3) is 5.56 Å². The van der Waals surface area contributed by atoms with Crippen LogP contribution in [-0.2, 0) is 31.3 Å². The molecule has 2 aromatic heterocycles. The van der Waals surface area contributed by atoms with E-state index in [1.807, 2.05) is 53.0 Å². The summed E-state index contributed by atoms with van der Waals surface area (Å²) in [7, 11) is 1.67. The van der Waals surface area contributed by atoms with Crippen LogP contribution in [0.15, 0.2) is 39.4 Å². The number of amides is 1. The fourth-order valence-electron chi connectivity index (χ4n) is 5.45. The minimum atomic E-state index is -0.584. The van der Waals surface area contributed by atoms with Crippen molar-refractivity contribution in [2.24, 2.45) is 7.05 Å². The number of benzene rings is 1. The minimum absolute atomic E-state index is 0.131. The molecule has 1 aliphatic heterocycles. The predicted molar refractivity (Wildman–Crippen MR) is 163 cm³/mol. The van der Waals surface area contributed by atoms with Crippen molar-refractivity contribution in [1.82, 2.24) is 24.0 Å². The smallest absolute Gasteiger partial charge is 0.407 e. The number of anilines is 1. The SMILES string of the molecule is CC(C)=CCn1c(N2CCCC(NC(=O)OC(C)(C)C)C2)nc2c1c(=O)n(CCc1cc(C)cc(C)c1)c(=O)n2C. The lowest BCUT2D eigenvalue weighted by atomic mass is 10.1. The predicted octanol–water partition coefficient (Wildman–Crippen LogP) is 4.22. The third-order valence-corrected chi connectivity index (χ3v) is 7.23. The van der Waals surface area contributed by atoms with Crippen LogP contribution in [0.3, 0.4) is 0 Å². The standard InChI is InChI=1S/C31H44N6O4/c1-20(2)11-14-36-25-26(33-28(36)35-13-9-10-24(19-35)32-29(39)41-31(5,6)7)34(8)30(40)37(27(25)38)15-12-23-17-21(3)16-22(4)18-23/h11,16-18,24H,9-10,12-15,19H2,1-8H3,(H,32,39). The number of imidazole rings is 1. The zero-order chi connectivity index (χ0) is 30.1. The number of hydrogen-bond donors (Lipinski definition) is 1. The molecule has 3 heterocycles. The molecule has 1 unspecified atom stereocenters. The highest BCUT2D eigenvalue weighted by molar-refractivity contribution is 5.75. The van der Waals surface area contributed by atoms with Gasteiger partial charge < -0.3 is 19.5 Å². The van der Waals surface area contributed by atoms with E-state index in [9.17, 15) is 14.4 Å². The second-order valence-corrected chi connectivity index (χ2v) is 12.5. The first kappa shape index (κ1) is 30.1. The Bertz CT molecular complexity index is 1560. The number of rotatable bonds is 7. The Hall–Kier alpha value is -3.82. The van der Waals surface area contributed by atoms with Crippen LogP contribution >= 0.6 is 0 Å². The van der Waals surface area contributed by atoms with E-state index in [1.54, 1.807) is 7.05 Å². The van der Waals surface area contributed by atoms with Gasteiger partial charge in [0.15, 0.2) is 11.2 Å². The molecule has 1 aliphatic rings. The Morgan fingerprint density at radius 3 is 2.44 bits per heavy atom. The normalized spacial score (nSPS) is 15.7. The largest absolute Gasteiger partial charge is 0.444 e. The third-order valence-electron chi connectivity index (χ3n) is 7.23. The number of allylic oxidation sites excluding steroid dienone is 2. The lowest BCUT2D eigenvalue weighted by molar-refractivity contribution is 0.0499. The number of aromatic nitrogens is 4. The zero-order valence-corrected chi connectivity index (χ0v) is 25.7. The summed E-state index contributed by atoms with van der Waals surface area (Å²) in [6.45, 7) is 15.6. The molecule has 0 bridgehead atoms. The molecule has 222 valence electrons. The molecule has 0 radical (unpaired) electrons. The van der Waals surface area contributed by atoms with E-state index in [0.717, 1.165) is 41.6 Å². The molecule has 3 aromatic rings. The fraction of sp³-hybridized carbons (Fsp3) is 0.548. The molecule has 10 nitrogen and oxygen atoms in total. The highest BCUT2D eigenvalue weighted by Crippen LogP contribution is 2.24. The van der Waals surface area contributed by atoms with Crippen LogP contribution in [0, 0.1) is 13.8 Å². The average molecular weight is 565 g/mol. The van der Waals surface area contributed by atoms with Crippen molar-refractivity contribution in [1.29, 1.82) is 0 Å². The van der Waals surface area contributed by atoms with Gasteiger partial charge in [0.1, 0.15) is 5.60 Å². The summed E-state index contributed by atoms with van der Waals surface area (Å²) < 4.78 is 10.2. The van der Waals surface area contributed by atoms with Crippen molar-refractivity contribution < 1.29 is 9.53 Å². The van der Waals surface area contributed by atoms with Gasteiger partial charge in [0.2, 0.25) is 5.95 Å². The van der Waals surface area contributed by atoms with E-state index >= 15 is 0 Å². The lowest BCUT2D eigenvalue weighted by Gasteiger charge is -2.34. The fourth-order valence-corrected chi connectivity index (χ4v) is 5.45. The highest BCUT2D eigenvalue weighted by atomic mass is 16.6. The molecule has 1 N–H and O–H groups in total. The van der Waals surface area contributed by atoms with Gasteiger partial charge in [-0.2, -0.15) is 4.98 Å². The van der Waals surface area contributed by atoms with E-state index in [-0.39, 0.29) is 23.8 Å². The highest BCUT2D eigenvalue weighted by Gasteiger charge is 2.29. The van der Waals surface area contributed by atoms with Crippen LogP contribution < -0.4 is 21.5 Å². The molecule has 1 atom stereocenters. The zero-order valence-electron chi connectivity index (χ0n) is 25.7. The number of nitrogens with zero attached hydrogens (tertiary/aromatic N) is 5. The molecule has 0 saturated carbocycles. The van der Waals surface area contributed by atoms with Crippen LogP contribution in [0.25, 0.3) is 11.2 Å². The molecule has 1 amide bonds. The number of carbonyl (C=O) groups is 1.